The van der Waals surface area contributed by atoms with Crippen LogP contribution in [-0.2, 0) is 57.4 Å². The van der Waals surface area contributed by atoms with Crippen LogP contribution >= 0.6 is 0 Å². The van der Waals surface area contributed by atoms with Crippen molar-refractivity contribution in [3.8, 4) is 0 Å². The third-order valence-corrected chi connectivity index (χ3v) is 8.74. The van der Waals surface area contributed by atoms with Crippen molar-refractivity contribution in [2.75, 3.05) is 12.9 Å². The number of rotatable bonds is 18. The number of benzene rings is 3. The zero-order valence-corrected chi connectivity index (χ0v) is 28.6. The monoisotopic (exact) mass is 693 g/mol. The highest BCUT2D eigenvalue weighted by atomic mass is 32.2. The number of nitrogens with one attached hydrogen (secondary N) is 3. The summed E-state index contributed by atoms with van der Waals surface area (Å²) in [7, 11) is -0.459. The Bertz CT molecular complexity index is 1540. The molecule has 0 aromatic heterocycles. The number of alkyl carbamates (subject to hydrolysis) is 1. The van der Waals surface area contributed by atoms with Gasteiger partial charge in [-0.15, -0.1) is 0 Å². The molecule has 3 N–H and O–H groups in total. The smallest absolute Gasteiger partial charge is 0.408 e. The zero-order chi connectivity index (χ0) is 35.6. The number of methoxy groups -OCH3 is 1. The maximum Gasteiger partial charge on any atom is 0.408 e. The zero-order valence-electron chi connectivity index (χ0n) is 27.8. The Kier molecular flexibility index (Phi) is 16.0. The van der Waals surface area contributed by atoms with Crippen LogP contribution in [-0.4, -0.2) is 65.0 Å². The van der Waals surface area contributed by atoms with Crippen LogP contribution < -0.4 is 16.0 Å². The Morgan fingerprint density at radius 3 is 1.80 bits per heavy atom. The van der Waals surface area contributed by atoms with Crippen molar-refractivity contribution < 1.29 is 42.4 Å². The van der Waals surface area contributed by atoms with Crippen LogP contribution in [0.3, 0.4) is 0 Å². The molecule has 0 heterocycles. The third kappa shape index (κ3) is 13.5. The van der Waals surface area contributed by atoms with Gasteiger partial charge in [-0.05, 0) is 42.0 Å². The van der Waals surface area contributed by atoms with Crippen LogP contribution in [0, 0.1) is 5.92 Å². The molecule has 0 bridgehead atoms. The van der Waals surface area contributed by atoms with Crippen LogP contribution in [0.2, 0.25) is 0 Å². The molecule has 3 aromatic carbocycles. The molecule has 3 rings (SSSR count). The van der Waals surface area contributed by atoms with Crippen molar-refractivity contribution in [3.05, 3.63) is 102 Å². The Morgan fingerprint density at radius 2 is 1.24 bits per heavy atom. The van der Waals surface area contributed by atoms with E-state index in [1.807, 2.05) is 12.1 Å². The minimum Gasteiger partial charge on any atom is -0.467 e. The van der Waals surface area contributed by atoms with Crippen LogP contribution in [0.5, 0.6) is 0 Å². The van der Waals surface area contributed by atoms with Gasteiger partial charge >= 0.3 is 18.0 Å². The normalized spacial score (nSPS) is 13.2. The summed E-state index contributed by atoms with van der Waals surface area (Å²) in [5.41, 5.74) is 1.51. The molecule has 0 radical (unpaired) electrons. The molecule has 4 atom stereocenters. The molecule has 0 fully saturated rings. The van der Waals surface area contributed by atoms with Gasteiger partial charge in [0.05, 0.1) is 23.7 Å². The number of carbonyl (C=O) groups excluding carboxylic acids is 5. The first-order chi connectivity index (χ1) is 23.6. The molecule has 262 valence electrons. The van der Waals surface area contributed by atoms with Gasteiger partial charge in [0.25, 0.3) is 0 Å². The largest absolute Gasteiger partial charge is 0.467 e. The molecular formula is C36H43N3O9S. The lowest BCUT2D eigenvalue weighted by Crippen LogP contribution is -2.55. The molecule has 0 saturated heterocycles. The van der Waals surface area contributed by atoms with Crippen LogP contribution in [0.1, 0.15) is 44.2 Å². The number of carbonyl (C=O) groups is 5. The summed E-state index contributed by atoms with van der Waals surface area (Å²) in [6.45, 7) is 3.42. The fourth-order valence-electron chi connectivity index (χ4n) is 4.60. The topological polar surface area (TPSA) is 166 Å². The molecule has 0 saturated carbocycles. The quantitative estimate of drug-likeness (QED) is 0.133. The van der Waals surface area contributed by atoms with Gasteiger partial charge in [-0.2, -0.15) is 0 Å². The van der Waals surface area contributed by atoms with E-state index >= 15 is 0 Å². The Hall–Kier alpha value is -5.04. The molecule has 0 aliphatic heterocycles. The van der Waals surface area contributed by atoms with Crippen molar-refractivity contribution in [1.29, 1.82) is 0 Å². The van der Waals surface area contributed by atoms with Crippen molar-refractivity contribution in [2.24, 2.45) is 5.92 Å². The van der Waals surface area contributed by atoms with E-state index in [0.717, 1.165) is 11.1 Å². The fourth-order valence-corrected chi connectivity index (χ4v) is 5.79. The molecule has 1 unspecified atom stereocenters. The second-order valence-corrected chi connectivity index (χ2v) is 12.9. The highest BCUT2D eigenvalue weighted by molar-refractivity contribution is 7.85. The second kappa shape index (κ2) is 20.4. The van der Waals surface area contributed by atoms with Gasteiger partial charge < -0.3 is 30.2 Å². The summed E-state index contributed by atoms with van der Waals surface area (Å²) in [4.78, 5) is 64.9. The van der Waals surface area contributed by atoms with Crippen molar-refractivity contribution in [3.63, 3.8) is 0 Å². The first kappa shape index (κ1) is 38.4. The van der Waals surface area contributed by atoms with Gasteiger partial charge in [-0.25, -0.2) is 14.4 Å². The van der Waals surface area contributed by atoms with Crippen molar-refractivity contribution in [1.82, 2.24) is 16.0 Å². The van der Waals surface area contributed by atoms with E-state index in [2.05, 4.69) is 16.0 Å². The van der Waals surface area contributed by atoms with E-state index in [1.54, 1.807) is 92.7 Å². The molecule has 0 spiro atoms. The Morgan fingerprint density at radius 1 is 0.694 bits per heavy atom. The Labute approximate surface area is 288 Å². The highest BCUT2D eigenvalue weighted by Crippen LogP contribution is 2.11. The maximum atomic E-state index is 13.3. The minimum absolute atomic E-state index is 0.0116. The van der Waals surface area contributed by atoms with E-state index in [0.29, 0.717) is 4.90 Å². The number of hydrogen-bond donors (Lipinski definition) is 3. The molecule has 0 aliphatic rings. The predicted octanol–water partition coefficient (Wildman–Crippen LogP) is 3.80. The summed E-state index contributed by atoms with van der Waals surface area (Å²) in [6, 6.07) is 23.2. The van der Waals surface area contributed by atoms with Crippen LogP contribution in [0.4, 0.5) is 4.79 Å². The lowest BCUT2D eigenvalue weighted by atomic mass is 10.0. The third-order valence-electron chi connectivity index (χ3n) is 7.31. The van der Waals surface area contributed by atoms with Gasteiger partial charge in [-0.1, -0.05) is 92.7 Å². The molecule has 3 amide bonds. The summed E-state index contributed by atoms with van der Waals surface area (Å²) < 4.78 is 28.7. The van der Waals surface area contributed by atoms with Crippen LogP contribution in [0.15, 0.2) is 95.9 Å². The van der Waals surface area contributed by atoms with Gasteiger partial charge in [0.2, 0.25) is 11.8 Å². The lowest BCUT2D eigenvalue weighted by molar-refractivity contribution is -0.148. The molecule has 0 aliphatic carbocycles. The average molecular weight is 694 g/mol. The van der Waals surface area contributed by atoms with E-state index in [-0.39, 0.29) is 44.1 Å². The summed E-state index contributed by atoms with van der Waals surface area (Å²) in [5, 5.41) is 7.76. The second-order valence-electron chi connectivity index (χ2n) is 11.4. The van der Waals surface area contributed by atoms with E-state index < -0.39 is 58.8 Å². The fraction of sp³-hybridized carbons (Fsp3) is 0.361. The van der Waals surface area contributed by atoms with Gasteiger partial charge in [0, 0.05) is 11.3 Å². The summed E-state index contributed by atoms with van der Waals surface area (Å²) in [6.07, 6.45) is -0.842. The van der Waals surface area contributed by atoms with Gasteiger partial charge in [0.15, 0.2) is 0 Å². The number of amides is 3. The first-order valence-corrected chi connectivity index (χ1v) is 17.2. The summed E-state index contributed by atoms with van der Waals surface area (Å²) in [5.74, 6) is -3.20. The molecule has 3 aromatic rings. The van der Waals surface area contributed by atoms with E-state index in [9.17, 15) is 28.2 Å². The number of esters is 2. The SMILES string of the molecule is COC(=O)[C@H](NC(=O)[C@H](CS(=O)c1ccccc1)NC(=O)CCC[C@H](NC(=O)OCc1ccccc1)C(=O)OCc1ccccc1)C(C)C. The van der Waals surface area contributed by atoms with E-state index in [1.165, 1.54) is 7.11 Å². The molecule has 12 nitrogen and oxygen atoms in total. The predicted molar refractivity (Wildman–Crippen MR) is 182 cm³/mol. The lowest BCUT2D eigenvalue weighted by Gasteiger charge is -2.24. The van der Waals surface area contributed by atoms with E-state index in [4.69, 9.17) is 14.2 Å². The van der Waals surface area contributed by atoms with Crippen LogP contribution in [0.25, 0.3) is 0 Å². The molecule has 13 heteroatoms. The van der Waals surface area contributed by atoms with Crippen molar-refractivity contribution >= 4 is 40.6 Å². The number of ether oxygens (including phenoxy) is 3. The van der Waals surface area contributed by atoms with Crippen molar-refractivity contribution in [2.45, 2.75) is 69.3 Å². The van der Waals surface area contributed by atoms with Gasteiger partial charge in [0.1, 0.15) is 31.3 Å². The maximum absolute atomic E-state index is 13.3. The summed E-state index contributed by atoms with van der Waals surface area (Å²) >= 11 is 0. The minimum atomic E-state index is -1.66. The Balaban J connectivity index is 1.65. The number of hydrogen-bond acceptors (Lipinski definition) is 9. The highest BCUT2D eigenvalue weighted by Gasteiger charge is 2.31. The molecule has 49 heavy (non-hydrogen) atoms. The van der Waals surface area contributed by atoms with Gasteiger partial charge in [-0.3, -0.25) is 13.8 Å². The first-order valence-electron chi connectivity index (χ1n) is 15.9. The molecular weight excluding hydrogens is 650 g/mol. The standard InChI is InChI=1S/C36H43N3O9S/c1-25(2)32(35(43)46-3)39-33(41)30(24-49(45)28-18-11-6-12-19-28)37-31(40)21-13-20-29(34(42)47-22-26-14-7-4-8-15-26)38-36(44)48-23-27-16-9-5-10-17-27/h4-12,14-19,25,29-30,32H,13,20-24H2,1-3H3,(H,37,40)(H,38,44)(H,39,41)/t29-,30-,32+,49?/m0/s1. The average Bonchev–Trinajstić information content (AvgIpc) is 3.11.